The lowest BCUT2D eigenvalue weighted by Gasteiger charge is -2.19. The molecule has 1 aliphatic heterocycles. The minimum absolute atomic E-state index is 0.141. The SMILES string of the molecule is COc1ccc(Cc2ccnc(N3CCc4c(C(=O)NC[C@H](O)CF)cccc43)c2)cc1F. The van der Waals surface area contributed by atoms with Crippen molar-refractivity contribution in [3.05, 3.63) is 82.8 Å². The molecule has 0 bridgehead atoms. The fourth-order valence-electron chi connectivity index (χ4n) is 4.02. The molecule has 1 amide bonds. The molecule has 0 aliphatic carbocycles. The molecule has 0 saturated carbocycles. The Bertz CT molecular complexity index is 1160. The molecule has 0 radical (unpaired) electrons. The Balaban J connectivity index is 1.54. The Kier molecular flexibility index (Phi) is 6.84. The average Bonchev–Trinajstić information content (AvgIpc) is 3.27. The highest BCUT2D eigenvalue weighted by Crippen LogP contribution is 2.36. The molecule has 0 spiro atoms. The van der Waals surface area contributed by atoms with Crippen LogP contribution in [-0.2, 0) is 12.8 Å². The Morgan fingerprint density at radius 1 is 1.24 bits per heavy atom. The van der Waals surface area contributed by atoms with E-state index in [0.29, 0.717) is 24.9 Å². The lowest BCUT2D eigenvalue weighted by atomic mass is 10.0. The quantitative estimate of drug-likeness (QED) is 0.546. The Morgan fingerprint density at radius 3 is 2.82 bits per heavy atom. The molecule has 6 nitrogen and oxygen atoms in total. The smallest absolute Gasteiger partial charge is 0.251 e. The third kappa shape index (κ3) is 4.96. The van der Waals surface area contributed by atoms with Gasteiger partial charge in [-0.1, -0.05) is 12.1 Å². The summed E-state index contributed by atoms with van der Waals surface area (Å²) in [6.45, 7) is -0.398. The third-order valence-electron chi connectivity index (χ3n) is 5.66. The van der Waals surface area contributed by atoms with Gasteiger partial charge in [-0.2, -0.15) is 0 Å². The highest BCUT2D eigenvalue weighted by Gasteiger charge is 2.26. The van der Waals surface area contributed by atoms with E-state index in [1.807, 2.05) is 29.2 Å². The first-order valence-corrected chi connectivity index (χ1v) is 10.7. The number of halogens is 2. The number of fused-ring (bicyclic) bond motifs is 1. The normalized spacial score (nSPS) is 13.5. The van der Waals surface area contributed by atoms with Gasteiger partial charge in [0.25, 0.3) is 5.91 Å². The molecule has 1 aromatic heterocycles. The number of carbonyl (C=O) groups is 1. The predicted molar refractivity (Wildman–Crippen MR) is 121 cm³/mol. The van der Waals surface area contributed by atoms with Crippen LogP contribution < -0.4 is 15.0 Å². The number of methoxy groups -OCH3 is 1. The van der Waals surface area contributed by atoms with Gasteiger partial charge in [-0.05, 0) is 65.9 Å². The summed E-state index contributed by atoms with van der Waals surface area (Å²) in [6.07, 6.45) is 1.70. The maximum Gasteiger partial charge on any atom is 0.251 e. The number of amides is 1. The number of ether oxygens (including phenoxy) is 1. The van der Waals surface area contributed by atoms with Crippen LogP contribution in [0.2, 0.25) is 0 Å². The van der Waals surface area contributed by atoms with Crippen LogP contribution in [0, 0.1) is 5.82 Å². The van der Waals surface area contributed by atoms with Crippen LogP contribution in [0.15, 0.2) is 54.7 Å². The van der Waals surface area contributed by atoms with Gasteiger partial charge in [0.05, 0.1) is 13.2 Å². The number of carbonyl (C=O) groups excluding carboxylic acids is 1. The number of benzene rings is 2. The summed E-state index contributed by atoms with van der Waals surface area (Å²) in [7, 11) is 1.43. The molecule has 3 aromatic rings. The number of aromatic nitrogens is 1. The number of rotatable bonds is 8. The fourth-order valence-corrected chi connectivity index (χ4v) is 4.02. The Morgan fingerprint density at radius 2 is 2.06 bits per heavy atom. The van der Waals surface area contributed by atoms with Gasteiger partial charge in [-0.15, -0.1) is 0 Å². The molecule has 1 atom stereocenters. The average molecular weight is 453 g/mol. The second-order valence-electron chi connectivity index (χ2n) is 7.89. The van der Waals surface area contributed by atoms with Crippen LogP contribution in [0.5, 0.6) is 5.75 Å². The highest BCUT2D eigenvalue weighted by molar-refractivity contribution is 5.98. The minimum atomic E-state index is -1.21. The molecule has 2 heterocycles. The summed E-state index contributed by atoms with van der Waals surface area (Å²) >= 11 is 0. The van der Waals surface area contributed by atoms with Gasteiger partial charge in [-0.25, -0.2) is 13.8 Å². The van der Waals surface area contributed by atoms with E-state index in [2.05, 4.69) is 10.3 Å². The standard InChI is InChI=1S/C25H25F2N3O3/c1-33-23-6-5-16(12-21(23)27)11-17-7-9-28-24(13-17)30-10-8-19-20(3-2-4-22(19)30)25(32)29-15-18(31)14-26/h2-7,9,12-13,18,31H,8,10-11,14-15H2,1H3,(H,29,32)/t18-/m1/s1. The summed E-state index contributed by atoms with van der Waals surface area (Å²) in [5.41, 5.74) is 4.07. The van der Waals surface area contributed by atoms with Gasteiger partial charge >= 0.3 is 0 Å². The van der Waals surface area contributed by atoms with Crippen LogP contribution in [0.25, 0.3) is 0 Å². The molecule has 2 aromatic carbocycles. The first-order valence-electron chi connectivity index (χ1n) is 10.7. The molecule has 0 fully saturated rings. The van der Waals surface area contributed by atoms with Gasteiger partial charge in [0.2, 0.25) is 0 Å². The van der Waals surface area contributed by atoms with Crippen LogP contribution >= 0.6 is 0 Å². The third-order valence-corrected chi connectivity index (χ3v) is 5.66. The minimum Gasteiger partial charge on any atom is -0.494 e. The number of nitrogens with zero attached hydrogens (tertiary/aromatic N) is 2. The molecule has 1 aliphatic rings. The van der Waals surface area contributed by atoms with Gasteiger partial charge in [0.15, 0.2) is 11.6 Å². The maximum atomic E-state index is 14.1. The summed E-state index contributed by atoms with van der Waals surface area (Å²) in [6, 6.07) is 14.2. The van der Waals surface area contributed by atoms with Crippen LogP contribution in [-0.4, -0.2) is 49.0 Å². The molecule has 4 rings (SSSR count). The largest absolute Gasteiger partial charge is 0.494 e. The summed E-state index contributed by atoms with van der Waals surface area (Å²) in [5, 5.41) is 12.0. The second-order valence-corrected chi connectivity index (χ2v) is 7.89. The van der Waals surface area contributed by atoms with Gasteiger partial charge < -0.3 is 20.1 Å². The molecule has 0 saturated heterocycles. The molecular weight excluding hydrogens is 428 g/mol. The molecule has 33 heavy (non-hydrogen) atoms. The van der Waals surface area contributed by atoms with Crippen molar-refractivity contribution in [3.63, 3.8) is 0 Å². The van der Waals surface area contributed by atoms with Crippen LogP contribution in [0.1, 0.15) is 27.0 Å². The van der Waals surface area contributed by atoms with Crippen molar-refractivity contribution in [1.82, 2.24) is 10.3 Å². The van der Waals surface area contributed by atoms with Crippen molar-refractivity contribution >= 4 is 17.4 Å². The van der Waals surface area contributed by atoms with Crippen molar-refractivity contribution in [2.45, 2.75) is 18.9 Å². The second kappa shape index (κ2) is 9.95. The lowest BCUT2D eigenvalue weighted by Crippen LogP contribution is -2.33. The summed E-state index contributed by atoms with van der Waals surface area (Å²) < 4.78 is 31.5. The van der Waals surface area contributed by atoms with Gasteiger partial charge in [-0.3, -0.25) is 4.79 Å². The highest BCUT2D eigenvalue weighted by atomic mass is 19.1. The lowest BCUT2D eigenvalue weighted by molar-refractivity contribution is 0.0894. The van der Waals surface area contributed by atoms with Crippen molar-refractivity contribution in [1.29, 1.82) is 0 Å². The number of hydrogen-bond acceptors (Lipinski definition) is 5. The van der Waals surface area contributed by atoms with E-state index in [1.54, 1.807) is 24.4 Å². The summed E-state index contributed by atoms with van der Waals surface area (Å²) in [5.74, 6) is 0.208. The number of pyridine rings is 1. The number of anilines is 2. The molecular formula is C25H25F2N3O3. The van der Waals surface area contributed by atoms with Crippen molar-refractivity contribution in [3.8, 4) is 5.75 Å². The van der Waals surface area contributed by atoms with E-state index in [1.165, 1.54) is 13.2 Å². The zero-order chi connectivity index (χ0) is 23.4. The Hall–Kier alpha value is -3.52. The predicted octanol–water partition coefficient (Wildman–Crippen LogP) is 3.57. The van der Waals surface area contributed by atoms with Crippen molar-refractivity contribution < 1.29 is 23.4 Å². The number of aliphatic hydroxyl groups excluding tert-OH is 1. The Labute approximate surface area is 190 Å². The van der Waals surface area contributed by atoms with Crippen LogP contribution in [0.4, 0.5) is 20.3 Å². The van der Waals surface area contributed by atoms with Gasteiger partial charge in [0.1, 0.15) is 12.5 Å². The van der Waals surface area contributed by atoms with E-state index < -0.39 is 18.6 Å². The molecule has 2 N–H and O–H groups in total. The molecule has 172 valence electrons. The van der Waals surface area contributed by atoms with E-state index in [4.69, 9.17) is 4.74 Å². The van der Waals surface area contributed by atoms with Crippen molar-refractivity contribution in [2.24, 2.45) is 0 Å². The number of alkyl halides is 1. The number of aliphatic hydroxyl groups is 1. The zero-order valence-electron chi connectivity index (χ0n) is 18.2. The maximum absolute atomic E-state index is 14.1. The fraction of sp³-hybridized carbons (Fsp3) is 0.280. The summed E-state index contributed by atoms with van der Waals surface area (Å²) in [4.78, 5) is 19.1. The monoisotopic (exact) mass is 453 g/mol. The number of nitrogens with one attached hydrogen (secondary N) is 1. The van der Waals surface area contributed by atoms with Crippen molar-refractivity contribution in [2.75, 3.05) is 31.8 Å². The molecule has 0 unspecified atom stereocenters. The number of hydrogen-bond donors (Lipinski definition) is 2. The van der Waals surface area contributed by atoms with E-state index >= 15 is 0 Å². The van der Waals surface area contributed by atoms with Gasteiger partial charge in [0, 0.05) is 30.5 Å². The van der Waals surface area contributed by atoms with E-state index in [0.717, 1.165) is 28.2 Å². The topological polar surface area (TPSA) is 74.7 Å². The first kappa shape index (κ1) is 22.7. The zero-order valence-corrected chi connectivity index (χ0v) is 18.2. The first-order chi connectivity index (χ1) is 16.0. The van der Waals surface area contributed by atoms with E-state index in [-0.39, 0.29) is 18.2 Å². The van der Waals surface area contributed by atoms with E-state index in [9.17, 15) is 18.7 Å². The molecule has 8 heteroatoms. The van der Waals surface area contributed by atoms with Crippen LogP contribution in [0.3, 0.4) is 0 Å².